The summed E-state index contributed by atoms with van der Waals surface area (Å²) in [4.78, 5) is 25.6. The fraction of sp³-hybridized carbons (Fsp3) is 0.400. The summed E-state index contributed by atoms with van der Waals surface area (Å²) in [5.41, 5.74) is 2.53. The van der Waals surface area contributed by atoms with Gasteiger partial charge in [-0.05, 0) is 45.4 Å². The zero-order chi connectivity index (χ0) is 19.4. The lowest BCUT2D eigenvalue weighted by atomic mass is 10.1. The van der Waals surface area contributed by atoms with E-state index in [9.17, 15) is 9.59 Å². The number of nitrogens with one attached hydrogen (secondary N) is 1. The quantitative estimate of drug-likeness (QED) is 0.655. The molecule has 0 aliphatic rings. The van der Waals surface area contributed by atoms with E-state index >= 15 is 0 Å². The molecule has 0 spiro atoms. The lowest BCUT2D eigenvalue weighted by molar-refractivity contribution is 0.102. The molecular weight excluding hydrogens is 371 g/mol. The summed E-state index contributed by atoms with van der Waals surface area (Å²) in [6.07, 6.45) is 3.22. The topological polar surface area (TPSA) is 51.1 Å². The molecule has 0 saturated carbocycles. The van der Waals surface area contributed by atoms with Crippen molar-refractivity contribution in [3.05, 3.63) is 61.0 Å². The summed E-state index contributed by atoms with van der Waals surface area (Å²) in [7, 11) is 0. The molecule has 4 nitrogen and oxygen atoms in total. The molecule has 0 saturated heterocycles. The number of carbonyl (C=O) groups excluding carboxylic acids is 1. The summed E-state index contributed by atoms with van der Waals surface area (Å²) in [5, 5.41) is 3.54. The second-order valence-corrected chi connectivity index (χ2v) is 7.28. The third kappa shape index (κ3) is 4.30. The highest BCUT2D eigenvalue weighted by Gasteiger charge is 2.21. The molecule has 1 heterocycles. The summed E-state index contributed by atoms with van der Waals surface area (Å²) >= 11 is 12.0. The SMILES string of the molecule is CCCCCn1c(C)c(C)c(=O)c(C(=O)Nc2ccc(Cl)cc2Cl)c1C. The van der Waals surface area contributed by atoms with Crippen molar-refractivity contribution in [3.63, 3.8) is 0 Å². The molecule has 2 aromatic rings. The Bertz CT molecular complexity index is 888. The number of unbranched alkanes of at least 4 members (excludes halogenated alkanes) is 2. The first-order valence-electron chi connectivity index (χ1n) is 8.74. The highest BCUT2D eigenvalue weighted by atomic mass is 35.5. The third-order valence-corrected chi connectivity index (χ3v) is 5.22. The Kier molecular flexibility index (Phi) is 6.90. The number of halogens is 2. The smallest absolute Gasteiger partial charge is 0.261 e. The molecule has 0 atom stereocenters. The van der Waals surface area contributed by atoms with E-state index in [1.54, 1.807) is 25.1 Å². The van der Waals surface area contributed by atoms with Crippen molar-refractivity contribution >= 4 is 34.8 Å². The van der Waals surface area contributed by atoms with Crippen molar-refractivity contribution in [2.45, 2.75) is 53.5 Å². The second kappa shape index (κ2) is 8.74. The second-order valence-electron chi connectivity index (χ2n) is 6.44. The van der Waals surface area contributed by atoms with Crippen LogP contribution in [0.25, 0.3) is 0 Å². The number of aromatic nitrogens is 1. The Morgan fingerprint density at radius 2 is 1.81 bits per heavy atom. The molecular formula is C20H24Cl2N2O2. The van der Waals surface area contributed by atoms with E-state index in [1.807, 2.05) is 13.8 Å². The van der Waals surface area contributed by atoms with Gasteiger partial charge in [0.25, 0.3) is 5.91 Å². The number of nitrogens with zero attached hydrogens (tertiary/aromatic N) is 1. The highest BCUT2D eigenvalue weighted by molar-refractivity contribution is 6.36. The summed E-state index contributed by atoms with van der Waals surface area (Å²) in [6, 6.07) is 4.81. The predicted molar refractivity (Wildman–Crippen MR) is 109 cm³/mol. The van der Waals surface area contributed by atoms with Crippen LogP contribution in [0.15, 0.2) is 23.0 Å². The van der Waals surface area contributed by atoms with Crippen LogP contribution >= 0.6 is 23.2 Å². The van der Waals surface area contributed by atoms with E-state index in [0.717, 1.165) is 31.5 Å². The molecule has 0 bridgehead atoms. The summed E-state index contributed by atoms with van der Waals surface area (Å²) in [6.45, 7) is 8.44. The lowest BCUT2D eigenvalue weighted by Crippen LogP contribution is -2.29. The predicted octanol–water partition coefficient (Wildman–Crippen LogP) is 5.52. The van der Waals surface area contributed by atoms with Crippen LogP contribution in [-0.4, -0.2) is 10.5 Å². The van der Waals surface area contributed by atoms with Crippen LogP contribution in [0.4, 0.5) is 5.69 Å². The maximum atomic E-state index is 12.8. The van der Waals surface area contributed by atoms with Crippen molar-refractivity contribution in [2.75, 3.05) is 5.32 Å². The Morgan fingerprint density at radius 3 is 2.42 bits per heavy atom. The van der Waals surface area contributed by atoms with Crippen molar-refractivity contribution in [2.24, 2.45) is 0 Å². The molecule has 6 heteroatoms. The molecule has 0 radical (unpaired) electrons. The molecule has 1 amide bonds. The average molecular weight is 395 g/mol. The Hall–Kier alpha value is -1.78. The molecule has 0 fully saturated rings. The van der Waals surface area contributed by atoms with Gasteiger partial charge in [-0.3, -0.25) is 9.59 Å². The molecule has 1 aromatic heterocycles. The van der Waals surface area contributed by atoms with E-state index < -0.39 is 5.91 Å². The van der Waals surface area contributed by atoms with Crippen molar-refractivity contribution in [1.29, 1.82) is 0 Å². The minimum atomic E-state index is -0.455. The molecule has 0 aliphatic carbocycles. The first kappa shape index (κ1) is 20.5. The molecule has 1 aromatic carbocycles. The van der Waals surface area contributed by atoms with Crippen molar-refractivity contribution in [3.8, 4) is 0 Å². The van der Waals surface area contributed by atoms with Gasteiger partial charge in [-0.25, -0.2) is 0 Å². The van der Waals surface area contributed by atoms with Crippen LogP contribution in [0.2, 0.25) is 10.0 Å². The van der Waals surface area contributed by atoms with E-state index in [-0.39, 0.29) is 11.0 Å². The van der Waals surface area contributed by atoms with Gasteiger partial charge in [0.05, 0.1) is 10.7 Å². The van der Waals surface area contributed by atoms with Crippen LogP contribution < -0.4 is 10.7 Å². The van der Waals surface area contributed by atoms with Gasteiger partial charge in [0.2, 0.25) is 0 Å². The van der Waals surface area contributed by atoms with E-state index in [0.29, 0.717) is 27.0 Å². The Balaban J connectivity index is 2.44. The van der Waals surface area contributed by atoms with Gasteiger partial charge < -0.3 is 9.88 Å². The number of anilines is 1. The fourth-order valence-corrected chi connectivity index (χ4v) is 3.46. The van der Waals surface area contributed by atoms with E-state index in [2.05, 4.69) is 16.8 Å². The van der Waals surface area contributed by atoms with Crippen LogP contribution in [0.5, 0.6) is 0 Å². The monoisotopic (exact) mass is 394 g/mol. The molecule has 1 N–H and O–H groups in total. The van der Waals surface area contributed by atoms with Crippen molar-refractivity contribution < 1.29 is 4.79 Å². The first-order chi connectivity index (χ1) is 12.3. The number of pyridine rings is 1. The fourth-order valence-electron chi connectivity index (χ4n) is 3.00. The molecule has 0 unspecified atom stereocenters. The number of hydrogen-bond donors (Lipinski definition) is 1. The molecule has 26 heavy (non-hydrogen) atoms. The minimum absolute atomic E-state index is 0.163. The third-order valence-electron chi connectivity index (χ3n) is 4.67. The zero-order valence-electron chi connectivity index (χ0n) is 15.6. The number of carbonyl (C=O) groups is 1. The van der Waals surface area contributed by atoms with Crippen LogP contribution in [0.3, 0.4) is 0 Å². The average Bonchev–Trinajstić information content (AvgIpc) is 2.59. The van der Waals surface area contributed by atoms with Gasteiger partial charge in [0.15, 0.2) is 5.43 Å². The number of benzene rings is 1. The Morgan fingerprint density at radius 1 is 1.12 bits per heavy atom. The van der Waals surface area contributed by atoms with E-state index in [4.69, 9.17) is 23.2 Å². The molecule has 140 valence electrons. The van der Waals surface area contributed by atoms with Crippen LogP contribution in [-0.2, 0) is 6.54 Å². The maximum Gasteiger partial charge on any atom is 0.261 e. The standard InChI is InChI=1S/C20H24Cl2N2O2/c1-5-6-7-10-24-13(3)12(2)19(25)18(14(24)4)20(26)23-17-9-8-15(21)11-16(17)22/h8-9,11H,5-7,10H2,1-4H3,(H,23,26). The summed E-state index contributed by atoms with van der Waals surface area (Å²) < 4.78 is 2.06. The highest BCUT2D eigenvalue weighted by Crippen LogP contribution is 2.26. The summed E-state index contributed by atoms with van der Waals surface area (Å²) in [5.74, 6) is -0.455. The molecule has 2 rings (SSSR count). The van der Waals surface area contributed by atoms with Gasteiger partial charge in [-0.1, -0.05) is 43.0 Å². The zero-order valence-corrected chi connectivity index (χ0v) is 17.1. The van der Waals surface area contributed by atoms with Gasteiger partial charge in [-0.15, -0.1) is 0 Å². The number of hydrogen-bond acceptors (Lipinski definition) is 2. The number of rotatable bonds is 6. The van der Waals surface area contributed by atoms with Gasteiger partial charge in [0, 0.05) is 28.5 Å². The maximum absolute atomic E-state index is 12.8. The number of amides is 1. The van der Waals surface area contributed by atoms with Crippen molar-refractivity contribution in [1.82, 2.24) is 4.57 Å². The minimum Gasteiger partial charge on any atom is -0.348 e. The van der Waals surface area contributed by atoms with Gasteiger partial charge >= 0.3 is 0 Å². The van der Waals surface area contributed by atoms with Gasteiger partial charge in [0.1, 0.15) is 5.56 Å². The van der Waals surface area contributed by atoms with E-state index in [1.165, 1.54) is 0 Å². The largest absolute Gasteiger partial charge is 0.348 e. The normalized spacial score (nSPS) is 10.8. The molecule has 0 aliphatic heterocycles. The van der Waals surface area contributed by atoms with Crippen LogP contribution in [0, 0.1) is 20.8 Å². The Labute approximate surface area is 164 Å². The van der Waals surface area contributed by atoms with Gasteiger partial charge in [-0.2, -0.15) is 0 Å². The lowest BCUT2D eigenvalue weighted by Gasteiger charge is -2.19. The first-order valence-corrected chi connectivity index (χ1v) is 9.50. The van der Waals surface area contributed by atoms with Crippen LogP contribution in [0.1, 0.15) is 53.5 Å².